The Morgan fingerprint density at radius 3 is 2.38 bits per heavy atom. The fourth-order valence-electron chi connectivity index (χ4n) is 3.79. The van der Waals surface area contributed by atoms with Gasteiger partial charge in [-0.15, -0.1) is 0 Å². The van der Waals surface area contributed by atoms with Crippen LogP contribution in [-0.4, -0.2) is 54.1 Å². The van der Waals surface area contributed by atoms with Crippen LogP contribution in [0.4, 0.5) is 4.79 Å². The number of amides is 2. The largest absolute Gasteiger partial charge is 0.439 e. The van der Waals surface area contributed by atoms with Crippen molar-refractivity contribution in [3.8, 4) is 11.1 Å². The second kappa shape index (κ2) is 6.48. The molecule has 1 spiro atoms. The van der Waals surface area contributed by atoms with Crippen molar-refractivity contribution in [2.45, 2.75) is 18.4 Å². The maximum atomic E-state index is 12.6. The summed E-state index contributed by atoms with van der Waals surface area (Å²) in [6.45, 7) is 1.69. The minimum atomic E-state index is -0.515. The lowest BCUT2D eigenvalue weighted by atomic mass is 10.0. The second-order valence-corrected chi connectivity index (χ2v) is 7.21. The number of carbonyl (C=O) groups is 2. The minimum absolute atomic E-state index is 0.0833. The highest BCUT2D eigenvalue weighted by Gasteiger charge is 2.49. The molecule has 26 heavy (non-hydrogen) atoms. The first kappa shape index (κ1) is 16.6. The summed E-state index contributed by atoms with van der Waals surface area (Å²) < 4.78 is 5.51. The predicted octanol–water partition coefficient (Wildman–Crippen LogP) is 2.95. The summed E-state index contributed by atoms with van der Waals surface area (Å²) in [4.78, 5) is 27.7. The highest BCUT2D eigenvalue weighted by Crippen LogP contribution is 2.32. The van der Waals surface area contributed by atoms with Gasteiger partial charge in [-0.25, -0.2) is 4.79 Å². The van der Waals surface area contributed by atoms with Crippen molar-refractivity contribution in [3.05, 3.63) is 60.2 Å². The van der Waals surface area contributed by atoms with Crippen molar-refractivity contribution < 1.29 is 14.3 Å². The van der Waals surface area contributed by atoms with Crippen LogP contribution in [0.3, 0.4) is 0 Å². The summed E-state index contributed by atoms with van der Waals surface area (Å²) in [7, 11) is 1.73. The Morgan fingerprint density at radius 1 is 1.04 bits per heavy atom. The van der Waals surface area contributed by atoms with Crippen LogP contribution in [0.2, 0.25) is 0 Å². The molecule has 0 aromatic heterocycles. The number of nitrogens with zero attached hydrogens (tertiary/aromatic N) is 2. The molecule has 0 aliphatic carbocycles. The summed E-state index contributed by atoms with van der Waals surface area (Å²) in [6, 6.07) is 18.3. The summed E-state index contributed by atoms with van der Waals surface area (Å²) >= 11 is 0. The van der Waals surface area contributed by atoms with E-state index in [0.29, 0.717) is 32.5 Å². The van der Waals surface area contributed by atoms with Gasteiger partial charge < -0.3 is 14.5 Å². The molecule has 4 rings (SSSR count). The first-order chi connectivity index (χ1) is 12.5. The van der Waals surface area contributed by atoms with Gasteiger partial charge in [0, 0.05) is 20.0 Å². The Labute approximate surface area is 153 Å². The number of carbonyl (C=O) groups excluding carboxylic acids is 2. The van der Waals surface area contributed by atoms with Crippen molar-refractivity contribution >= 4 is 12.0 Å². The number of likely N-dealkylation sites (tertiary alicyclic amines) is 1. The van der Waals surface area contributed by atoms with E-state index < -0.39 is 5.60 Å². The lowest BCUT2D eigenvalue weighted by molar-refractivity contribution is -0.130. The van der Waals surface area contributed by atoms with Crippen molar-refractivity contribution in [1.29, 1.82) is 0 Å². The Balaban J connectivity index is 1.39. The van der Waals surface area contributed by atoms with E-state index in [0.717, 1.165) is 11.1 Å². The molecule has 5 heteroatoms. The quantitative estimate of drug-likeness (QED) is 0.855. The molecule has 2 aromatic carbocycles. The zero-order valence-corrected chi connectivity index (χ0v) is 14.9. The van der Waals surface area contributed by atoms with Crippen LogP contribution in [0, 0.1) is 0 Å². The van der Waals surface area contributed by atoms with Gasteiger partial charge in [0.2, 0.25) is 5.91 Å². The van der Waals surface area contributed by atoms with Gasteiger partial charge in [0.25, 0.3) is 0 Å². The molecule has 0 radical (unpaired) electrons. The molecule has 2 saturated heterocycles. The second-order valence-electron chi connectivity index (χ2n) is 7.21. The fraction of sp³-hybridized carbons (Fsp3) is 0.333. The first-order valence-electron chi connectivity index (χ1n) is 8.91. The van der Waals surface area contributed by atoms with Crippen LogP contribution in [0.5, 0.6) is 0 Å². The van der Waals surface area contributed by atoms with Crippen molar-refractivity contribution in [2.24, 2.45) is 0 Å². The molecule has 0 unspecified atom stereocenters. The molecule has 2 fully saturated rings. The van der Waals surface area contributed by atoms with Gasteiger partial charge in [-0.05, 0) is 16.7 Å². The van der Waals surface area contributed by atoms with Crippen LogP contribution >= 0.6 is 0 Å². The molecule has 1 atom stereocenters. The highest BCUT2D eigenvalue weighted by atomic mass is 16.6. The maximum absolute atomic E-state index is 12.6. The molecule has 2 aromatic rings. The molecule has 2 aliphatic rings. The topological polar surface area (TPSA) is 49.9 Å². The van der Waals surface area contributed by atoms with E-state index in [2.05, 4.69) is 24.3 Å². The fourth-order valence-corrected chi connectivity index (χ4v) is 3.79. The normalized spacial score (nSPS) is 22.1. The lowest BCUT2D eigenvalue weighted by Crippen LogP contribution is -2.39. The Morgan fingerprint density at radius 2 is 1.73 bits per heavy atom. The lowest BCUT2D eigenvalue weighted by Gasteiger charge is -2.21. The minimum Gasteiger partial charge on any atom is -0.439 e. The third-order valence-electron chi connectivity index (χ3n) is 5.23. The molecule has 2 aliphatic heterocycles. The van der Waals surface area contributed by atoms with E-state index in [-0.39, 0.29) is 12.0 Å². The average Bonchev–Trinajstić information content (AvgIpc) is 3.19. The molecule has 0 N–H and O–H groups in total. The Hall–Kier alpha value is -2.82. The third kappa shape index (κ3) is 3.17. The SMILES string of the molecule is CN1C[C@]2(CCN(C(=O)Cc3ccc(-c4ccccc4)cc3)C2)OC1=O. The molecular formula is C21H22N2O3. The Bertz CT molecular complexity index is 819. The van der Waals surface area contributed by atoms with Crippen molar-refractivity contribution in [3.63, 3.8) is 0 Å². The van der Waals surface area contributed by atoms with Crippen LogP contribution in [0.25, 0.3) is 11.1 Å². The van der Waals surface area contributed by atoms with Gasteiger partial charge in [0.1, 0.15) is 0 Å². The van der Waals surface area contributed by atoms with E-state index in [1.165, 1.54) is 5.56 Å². The maximum Gasteiger partial charge on any atom is 0.410 e. The van der Waals surface area contributed by atoms with Gasteiger partial charge in [-0.2, -0.15) is 0 Å². The summed E-state index contributed by atoms with van der Waals surface area (Å²) in [5.74, 6) is 0.0833. The van der Waals surface area contributed by atoms with Crippen LogP contribution in [-0.2, 0) is 16.0 Å². The number of hydrogen-bond donors (Lipinski definition) is 0. The predicted molar refractivity (Wildman–Crippen MR) is 98.6 cm³/mol. The van der Waals surface area contributed by atoms with Gasteiger partial charge in [0.15, 0.2) is 5.60 Å². The molecule has 134 valence electrons. The van der Waals surface area contributed by atoms with Crippen LogP contribution < -0.4 is 0 Å². The van der Waals surface area contributed by atoms with Crippen molar-refractivity contribution in [2.75, 3.05) is 26.7 Å². The monoisotopic (exact) mass is 350 g/mol. The first-order valence-corrected chi connectivity index (χ1v) is 8.91. The van der Waals surface area contributed by atoms with E-state index >= 15 is 0 Å². The summed E-state index contributed by atoms with van der Waals surface area (Å²) in [5, 5.41) is 0. The van der Waals surface area contributed by atoms with Gasteiger partial charge in [-0.1, -0.05) is 54.6 Å². The van der Waals surface area contributed by atoms with Gasteiger partial charge >= 0.3 is 6.09 Å². The number of benzene rings is 2. The zero-order valence-electron chi connectivity index (χ0n) is 14.9. The number of ether oxygens (including phenoxy) is 1. The molecule has 0 saturated carbocycles. The van der Waals surface area contributed by atoms with Crippen molar-refractivity contribution in [1.82, 2.24) is 9.80 Å². The zero-order chi connectivity index (χ0) is 18.1. The van der Waals surface area contributed by atoms with E-state index in [9.17, 15) is 9.59 Å². The molecule has 0 bridgehead atoms. The summed E-state index contributed by atoms with van der Waals surface area (Å²) in [5.41, 5.74) is 2.79. The average molecular weight is 350 g/mol. The van der Waals surface area contributed by atoms with Gasteiger partial charge in [0.05, 0.1) is 19.5 Å². The van der Waals surface area contributed by atoms with E-state index in [1.54, 1.807) is 11.9 Å². The molecule has 2 amide bonds. The number of hydrogen-bond acceptors (Lipinski definition) is 3. The number of rotatable bonds is 3. The van der Waals surface area contributed by atoms with Gasteiger partial charge in [-0.3, -0.25) is 4.79 Å². The molecular weight excluding hydrogens is 328 g/mol. The van der Waals surface area contributed by atoms with E-state index in [1.807, 2.05) is 35.2 Å². The molecule has 2 heterocycles. The van der Waals surface area contributed by atoms with Crippen LogP contribution in [0.1, 0.15) is 12.0 Å². The Kier molecular flexibility index (Phi) is 4.15. The standard InChI is InChI=1S/C21H22N2O3/c1-22-14-21(26-20(22)25)11-12-23(15-21)19(24)13-16-7-9-18(10-8-16)17-5-3-2-4-6-17/h2-10H,11-15H2,1H3/t21-/m0/s1. The van der Waals surface area contributed by atoms with Crippen LogP contribution in [0.15, 0.2) is 54.6 Å². The van der Waals surface area contributed by atoms with E-state index in [4.69, 9.17) is 4.74 Å². The highest BCUT2D eigenvalue weighted by molar-refractivity contribution is 5.80. The summed E-state index contributed by atoms with van der Waals surface area (Å²) in [6.07, 6.45) is 0.785. The third-order valence-corrected chi connectivity index (χ3v) is 5.23. The number of likely N-dealkylation sites (N-methyl/N-ethyl adjacent to an activating group) is 1. The molecule has 5 nitrogen and oxygen atoms in total. The smallest absolute Gasteiger partial charge is 0.410 e.